The van der Waals surface area contributed by atoms with E-state index in [9.17, 15) is 31.5 Å². The fourth-order valence-electron chi connectivity index (χ4n) is 2.50. The number of fused-ring (bicyclic) bond motifs is 1. The van der Waals surface area contributed by atoms with Crippen molar-refractivity contribution in [1.29, 1.82) is 0 Å². The monoisotopic (exact) mass is 462 g/mol. The van der Waals surface area contributed by atoms with Crippen LogP contribution in [0.2, 0.25) is 0 Å². The second kappa shape index (κ2) is 9.85. The van der Waals surface area contributed by atoms with Crippen LogP contribution in [0.5, 0.6) is 0 Å². The third-order valence-electron chi connectivity index (χ3n) is 4.03. The van der Waals surface area contributed by atoms with Gasteiger partial charge in [0.15, 0.2) is 0 Å². The van der Waals surface area contributed by atoms with Gasteiger partial charge in [-0.2, -0.15) is 17.9 Å². The Bertz CT molecular complexity index is 1040. The van der Waals surface area contributed by atoms with Gasteiger partial charge in [0.2, 0.25) is 10.0 Å². The molecule has 0 radical (unpaired) electrons. The van der Waals surface area contributed by atoms with Crippen molar-refractivity contribution in [1.82, 2.24) is 9.71 Å². The van der Waals surface area contributed by atoms with E-state index in [1.54, 1.807) is 18.2 Å². The van der Waals surface area contributed by atoms with Crippen molar-refractivity contribution in [2.45, 2.75) is 36.7 Å². The summed E-state index contributed by atoms with van der Waals surface area (Å²) in [6.07, 6.45) is -1.99. The average molecular weight is 462 g/mol. The zero-order valence-electron chi connectivity index (χ0n) is 15.7. The molecular formula is C18H17F3N2O7S. The van der Waals surface area contributed by atoms with Gasteiger partial charge in [-0.3, -0.25) is 9.78 Å². The third kappa shape index (κ3) is 7.01. The average Bonchev–Trinajstić information content (AvgIpc) is 3.15. The highest BCUT2D eigenvalue weighted by atomic mass is 32.2. The number of nitrogens with one attached hydrogen (secondary N) is 1. The maximum atomic E-state index is 12.5. The van der Waals surface area contributed by atoms with E-state index in [0.717, 1.165) is 11.1 Å². The summed E-state index contributed by atoms with van der Waals surface area (Å²) in [7, 11) is -3.95. The van der Waals surface area contributed by atoms with Crippen molar-refractivity contribution in [3.05, 3.63) is 59.4 Å². The molecule has 0 saturated heterocycles. The van der Waals surface area contributed by atoms with Gasteiger partial charge in [0.1, 0.15) is 6.04 Å². The van der Waals surface area contributed by atoms with Crippen molar-refractivity contribution in [2.24, 2.45) is 0 Å². The van der Waals surface area contributed by atoms with E-state index in [1.165, 1.54) is 24.5 Å². The molecule has 9 nitrogen and oxygen atoms in total. The number of aromatic nitrogens is 1. The summed E-state index contributed by atoms with van der Waals surface area (Å²) in [6.45, 7) is 0.820. The summed E-state index contributed by atoms with van der Waals surface area (Å²) in [6, 6.07) is 6.71. The van der Waals surface area contributed by atoms with Gasteiger partial charge in [0.05, 0.1) is 18.1 Å². The molecule has 31 heavy (non-hydrogen) atoms. The van der Waals surface area contributed by atoms with Gasteiger partial charge in [-0.15, -0.1) is 0 Å². The standard InChI is InChI=1S/C16H16N2O5S.C2HF3O2/c19-16(20)15(7-11-3-5-17-6-4-11)18-24(21,22)14-2-1-12-9-23-10-13(12)8-14;3-2(4,5)1(6)7/h1-6,8,15,18H,7,9-10H2,(H,19,20);(H,6,7). The van der Waals surface area contributed by atoms with Crippen LogP contribution in [0.15, 0.2) is 47.6 Å². The molecule has 0 bridgehead atoms. The quantitative estimate of drug-likeness (QED) is 0.589. The zero-order chi connectivity index (χ0) is 23.2. The van der Waals surface area contributed by atoms with Crippen LogP contribution in [0.25, 0.3) is 0 Å². The van der Waals surface area contributed by atoms with Crippen LogP contribution in [0, 0.1) is 0 Å². The summed E-state index contributed by atoms with van der Waals surface area (Å²) >= 11 is 0. The molecule has 1 aromatic carbocycles. The van der Waals surface area contributed by atoms with Gasteiger partial charge in [0, 0.05) is 12.4 Å². The van der Waals surface area contributed by atoms with Crippen molar-refractivity contribution in [3.8, 4) is 0 Å². The lowest BCUT2D eigenvalue weighted by atomic mass is 10.1. The Kier molecular flexibility index (Phi) is 7.70. The van der Waals surface area contributed by atoms with Gasteiger partial charge in [0.25, 0.3) is 0 Å². The molecule has 2 heterocycles. The highest BCUT2D eigenvalue weighted by Gasteiger charge is 2.38. The lowest BCUT2D eigenvalue weighted by Gasteiger charge is -2.15. The minimum Gasteiger partial charge on any atom is -0.480 e. The predicted molar refractivity (Wildman–Crippen MR) is 98.3 cm³/mol. The number of rotatable bonds is 6. The first-order chi connectivity index (χ1) is 14.4. The molecule has 0 aliphatic carbocycles. The number of ether oxygens (including phenoxy) is 1. The van der Waals surface area contributed by atoms with E-state index >= 15 is 0 Å². The summed E-state index contributed by atoms with van der Waals surface area (Å²) in [5, 5.41) is 16.5. The van der Waals surface area contributed by atoms with Crippen LogP contribution in [0.1, 0.15) is 16.7 Å². The zero-order valence-corrected chi connectivity index (χ0v) is 16.5. The molecule has 0 fully saturated rings. The SMILES string of the molecule is O=C(O)C(Cc1ccncc1)NS(=O)(=O)c1ccc2c(c1)COC2.O=C(O)C(F)(F)F. The first kappa shape index (κ1) is 24.2. The van der Waals surface area contributed by atoms with Crippen LogP contribution >= 0.6 is 0 Å². The largest absolute Gasteiger partial charge is 0.490 e. The number of carbonyl (C=O) groups is 2. The number of benzene rings is 1. The molecule has 0 spiro atoms. The fraction of sp³-hybridized carbons (Fsp3) is 0.278. The number of nitrogens with zero attached hydrogens (tertiary/aromatic N) is 1. The van der Waals surface area contributed by atoms with Crippen molar-refractivity contribution in [2.75, 3.05) is 0 Å². The Labute approximate surface area is 174 Å². The Hall–Kier alpha value is -3.03. The summed E-state index contributed by atoms with van der Waals surface area (Å²) in [4.78, 5) is 24.2. The number of hydrogen-bond donors (Lipinski definition) is 3. The number of pyridine rings is 1. The number of hydrogen-bond acceptors (Lipinski definition) is 6. The van der Waals surface area contributed by atoms with E-state index < -0.39 is 34.2 Å². The van der Waals surface area contributed by atoms with Crippen molar-refractivity contribution >= 4 is 22.0 Å². The van der Waals surface area contributed by atoms with E-state index in [2.05, 4.69) is 9.71 Å². The molecule has 1 aliphatic rings. The molecule has 1 atom stereocenters. The number of carboxylic acids is 2. The van der Waals surface area contributed by atoms with E-state index in [4.69, 9.17) is 14.6 Å². The van der Waals surface area contributed by atoms with Crippen LogP contribution < -0.4 is 4.72 Å². The van der Waals surface area contributed by atoms with Gasteiger partial charge in [-0.1, -0.05) is 6.07 Å². The minimum absolute atomic E-state index is 0.0329. The number of alkyl halides is 3. The molecule has 1 aliphatic heterocycles. The van der Waals surface area contributed by atoms with Crippen LogP contribution in [-0.4, -0.2) is 47.8 Å². The van der Waals surface area contributed by atoms with Gasteiger partial charge >= 0.3 is 18.1 Å². The first-order valence-corrected chi connectivity index (χ1v) is 10.0. The highest BCUT2D eigenvalue weighted by Crippen LogP contribution is 2.23. The van der Waals surface area contributed by atoms with Gasteiger partial charge in [-0.25, -0.2) is 13.2 Å². The summed E-state index contributed by atoms with van der Waals surface area (Å²) in [5.41, 5.74) is 2.43. The number of sulfonamides is 1. The second-order valence-corrected chi connectivity index (χ2v) is 8.01. The Morgan fingerprint density at radius 1 is 1.10 bits per heavy atom. The maximum absolute atomic E-state index is 12.5. The fourth-order valence-corrected chi connectivity index (χ4v) is 3.74. The lowest BCUT2D eigenvalue weighted by Crippen LogP contribution is -2.42. The molecule has 13 heteroatoms. The Balaban J connectivity index is 0.000000423. The van der Waals surface area contributed by atoms with Crippen LogP contribution in [-0.2, 0) is 44.0 Å². The van der Waals surface area contributed by atoms with Crippen molar-refractivity contribution in [3.63, 3.8) is 0 Å². The maximum Gasteiger partial charge on any atom is 0.490 e. The molecule has 168 valence electrons. The molecule has 2 aromatic rings. The van der Waals surface area contributed by atoms with Gasteiger partial charge < -0.3 is 14.9 Å². The molecule has 3 rings (SSSR count). The van der Waals surface area contributed by atoms with Crippen LogP contribution in [0.4, 0.5) is 13.2 Å². The lowest BCUT2D eigenvalue weighted by molar-refractivity contribution is -0.192. The predicted octanol–water partition coefficient (Wildman–Crippen LogP) is 1.72. The summed E-state index contributed by atoms with van der Waals surface area (Å²) < 4.78 is 64.3. The summed E-state index contributed by atoms with van der Waals surface area (Å²) in [5.74, 6) is -3.99. The van der Waals surface area contributed by atoms with E-state index in [1.807, 2.05) is 0 Å². The normalized spacial score (nSPS) is 14.2. The van der Waals surface area contributed by atoms with E-state index in [-0.39, 0.29) is 11.3 Å². The molecule has 0 saturated carbocycles. The number of aliphatic carboxylic acids is 2. The Morgan fingerprint density at radius 3 is 2.23 bits per heavy atom. The molecule has 1 aromatic heterocycles. The second-order valence-electron chi connectivity index (χ2n) is 6.30. The molecule has 0 amide bonds. The smallest absolute Gasteiger partial charge is 0.480 e. The first-order valence-electron chi connectivity index (χ1n) is 8.54. The minimum atomic E-state index is -5.08. The van der Waals surface area contributed by atoms with Gasteiger partial charge in [-0.05, 0) is 47.4 Å². The van der Waals surface area contributed by atoms with E-state index in [0.29, 0.717) is 18.8 Å². The molecule has 3 N–H and O–H groups in total. The topological polar surface area (TPSA) is 143 Å². The number of halogens is 3. The molecule has 1 unspecified atom stereocenters. The molecular weight excluding hydrogens is 445 g/mol. The van der Waals surface area contributed by atoms with Crippen LogP contribution in [0.3, 0.4) is 0 Å². The Morgan fingerprint density at radius 2 is 1.68 bits per heavy atom. The third-order valence-corrected chi connectivity index (χ3v) is 5.50. The number of carboxylic acid groups (broad SMARTS) is 2. The highest BCUT2D eigenvalue weighted by molar-refractivity contribution is 7.89. The van der Waals surface area contributed by atoms with Crippen molar-refractivity contribution < 1.29 is 46.1 Å².